The van der Waals surface area contributed by atoms with Crippen molar-refractivity contribution >= 4 is 15.9 Å². The molecule has 4 heteroatoms. The smallest absolute Gasteiger partial charge is 0.143 e. The third kappa shape index (κ3) is 2.26. The summed E-state index contributed by atoms with van der Waals surface area (Å²) in [6.45, 7) is 0. The molecule has 0 heterocycles. The van der Waals surface area contributed by atoms with E-state index in [9.17, 15) is 9.50 Å². The minimum absolute atomic E-state index is 0.308. The van der Waals surface area contributed by atoms with E-state index in [2.05, 4.69) is 15.9 Å². The van der Waals surface area contributed by atoms with Gasteiger partial charge < -0.3 is 9.84 Å². The number of aliphatic hydroxyl groups is 1. The molecule has 1 atom stereocenters. The highest BCUT2D eigenvalue weighted by molar-refractivity contribution is 9.10. The van der Waals surface area contributed by atoms with E-state index in [0.29, 0.717) is 10.0 Å². The fraction of sp³-hybridized carbons (Fsp3) is 0.538. The van der Waals surface area contributed by atoms with E-state index < -0.39 is 17.5 Å². The molecule has 1 aromatic carbocycles. The molecule has 94 valence electrons. The molecule has 1 aliphatic carbocycles. The minimum Gasteiger partial charge on any atom is -0.385 e. The lowest BCUT2D eigenvalue weighted by molar-refractivity contribution is -0.101. The molecule has 1 unspecified atom stereocenters. The van der Waals surface area contributed by atoms with Crippen molar-refractivity contribution in [1.82, 2.24) is 0 Å². The Bertz CT molecular complexity index is 402. The van der Waals surface area contributed by atoms with Crippen LogP contribution in [0, 0.1) is 5.82 Å². The molecule has 0 bridgehead atoms. The van der Waals surface area contributed by atoms with Gasteiger partial charge in [-0.2, -0.15) is 0 Å². The first kappa shape index (κ1) is 13.0. The molecule has 0 spiro atoms. The number of aliphatic hydroxyl groups excluding tert-OH is 1. The zero-order chi connectivity index (χ0) is 12.5. The maximum atomic E-state index is 13.9. The van der Waals surface area contributed by atoms with Crippen molar-refractivity contribution < 1.29 is 14.2 Å². The summed E-state index contributed by atoms with van der Waals surface area (Å²) in [5, 5.41) is 10.4. The van der Waals surface area contributed by atoms with Crippen molar-refractivity contribution in [1.29, 1.82) is 0 Å². The monoisotopic (exact) mass is 302 g/mol. The van der Waals surface area contributed by atoms with Gasteiger partial charge in [-0.15, -0.1) is 0 Å². The lowest BCUT2D eigenvalue weighted by atomic mass is 9.89. The molecule has 0 saturated heterocycles. The largest absolute Gasteiger partial charge is 0.385 e. The van der Waals surface area contributed by atoms with Gasteiger partial charge in [-0.25, -0.2) is 4.39 Å². The summed E-state index contributed by atoms with van der Waals surface area (Å²) in [4.78, 5) is 0. The van der Waals surface area contributed by atoms with E-state index in [-0.39, 0.29) is 0 Å². The average Bonchev–Trinajstić information content (AvgIpc) is 2.82. The second kappa shape index (κ2) is 5.04. The van der Waals surface area contributed by atoms with Crippen molar-refractivity contribution in [3.63, 3.8) is 0 Å². The third-order valence-corrected chi connectivity index (χ3v) is 4.24. The molecule has 2 rings (SSSR count). The molecule has 17 heavy (non-hydrogen) atoms. The summed E-state index contributed by atoms with van der Waals surface area (Å²) >= 11 is 3.14. The highest BCUT2D eigenvalue weighted by Crippen LogP contribution is 2.43. The van der Waals surface area contributed by atoms with Gasteiger partial charge >= 0.3 is 0 Å². The Labute approximate surface area is 109 Å². The maximum Gasteiger partial charge on any atom is 0.143 e. The lowest BCUT2D eigenvalue weighted by Crippen LogP contribution is -2.36. The molecular weight excluding hydrogens is 287 g/mol. The van der Waals surface area contributed by atoms with Crippen molar-refractivity contribution in [3.05, 3.63) is 34.1 Å². The third-order valence-electron chi connectivity index (χ3n) is 3.63. The summed E-state index contributed by atoms with van der Waals surface area (Å²) in [7, 11) is 1.59. The van der Waals surface area contributed by atoms with Crippen molar-refractivity contribution in [2.75, 3.05) is 7.11 Å². The van der Waals surface area contributed by atoms with Gasteiger partial charge in [0.25, 0.3) is 0 Å². The molecule has 0 amide bonds. The zero-order valence-corrected chi connectivity index (χ0v) is 11.3. The molecule has 1 aliphatic rings. The summed E-state index contributed by atoms with van der Waals surface area (Å²) in [6, 6.07) is 4.97. The molecule has 1 N–H and O–H groups in total. The fourth-order valence-electron chi connectivity index (χ4n) is 2.58. The topological polar surface area (TPSA) is 29.5 Å². The number of rotatable bonds is 3. The van der Waals surface area contributed by atoms with Gasteiger partial charge in [0.1, 0.15) is 11.9 Å². The Morgan fingerprint density at radius 2 is 2.06 bits per heavy atom. The van der Waals surface area contributed by atoms with Gasteiger partial charge in [-0.05, 0) is 34.8 Å². The van der Waals surface area contributed by atoms with Crippen LogP contribution in [0.3, 0.4) is 0 Å². The SMILES string of the molecule is COC1(C(O)c2cccc(Br)c2F)CCCC1. The average molecular weight is 303 g/mol. The summed E-state index contributed by atoms with van der Waals surface area (Å²) in [6.07, 6.45) is 2.67. The summed E-state index contributed by atoms with van der Waals surface area (Å²) in [5.41, 5.74) is -0.315. The molecule has 0 aromatic heterocycles. The van der Waals surface area contributed by atoms with E-state index in [1.165, 1.54) is 0 Å². The Balaban J connectivity index is 2.35. The van der Waals surface area contributed by atoms with Gasteiger partial charge in [0.05, 0.1) is 10.1 Å². The highest BCUT2D eigenvalue weighted by Gasteiger charge is 2.42. The van der Waals surface area contributed by atoms with Gasteiger partial charge in [-0.1, -0.05) is 25.0 Å². The van der Waals surface area contributed by atoms with Gasteiger partial charge in [-0.3, -0.25) is 0 Å². The van der Waals surface area contributed by atoms with Crippen molar-refractivity contribution in [2.45, 2.75) is 37.4 Å². The van der Waals surface area contributed by atoms with Crippen LogP contribution < -0.4 is 0 Å². The predicted octanol–water partition coefficient (Wildman–Crippen LogP) is 3.58. The first-order chi connectivity index (χ1) is 8.10. The highest BCUT2D eigenvalue weighted by atomic mass is 79.9. The van der Waals surface area contributed by atoms with Gasteiger partial charge in [0.15, 0.2) is 0 Å². The lowest BCUT2D eigenvalue weighted by Gasteiger charge is -2.33. The van der Waals surface area contributed by atoms with Crippen molar-refractivity contribution in [3.8, 4) is 0 Å². The molecule has 2 nitrogen and oxygen atoms in total. The van der Waals surface area contributed by atoms with Crippen LogP contribution in [-0.2, 0) is 4.74 Å². The molecule has 0 aliphatic heterocycles. The molecule has 0 radical (unpaired) electrons. The zero-order valence-electron chi connectivity index (χ0n) is 9.75. The number of hydrogen-bond acceptors (Lipinski definition) is 2. The number of hydrogen-bond donors (Lipinski definition) is 1. The van der Waals surface area contributed by atoms with Crippen LogP contribution in [0.4, 0.5) is 4.39 Å². The summed E-state index contributed by atoms with van der Waals surface area (Å²) in [5.74, 6) is -0.400. The van der Waals surface area contributed by atoms with E-state index in [0.717, 1.165) is 25.7 Å². The van der Waals surface area contributed by atoms with Gasteiger partial charge in [0.2, 0.25) is 0 Å². The van der Waals surface area contributed by atoms with E-state index in [1.54, 1.807) is 25.3 Å². The second-order valence-electron chi connectivity index (χ2n) is 4.52. The van der Waals surface area contributed by atoms with Crippen LogP contribution in [0.5, 0.6) is 0 Å². The fourth-order valence-corrected chi connectivity index (χ4v) is 2.96. The number of benzene rings is 1. The van der Waals surface area contributed by atoms with Crippen LogP contribution >= 0.6 is 15.9 Å². The maximum absolute atomic E-state index is 13.9. The summed E-state index contributed by atoms with van der Waals surface area (Å²) < 4.78 is 19.8. The number of halogens is 2. The van der Waals surface area contributed by atoms with E-state index >= 15 is 0 Å². The second-order valence-corrected chi connectivity index (χ2v) is 5.38. The van der Waals surface area contributed by atoms with E-state index in [1.807, 2.05) is 0 Å². The van der Waals surface area contributed by atoms with Crippen LogP contribution in [-0.4, -0.2) is 17.8 Å². The Kier molecular flexibility index (Phi) is 3.85. The van der Waals surface area contributed by atoms with Crippen LogP contribution in [0.2, 0.25) is 0 Å². The van der Waals surface area contributed by atoms with Crippen LogP contribution in [0.25, 0.3) is 0 Å². The molecule has 1 aromatic rings. The molecule has 1 fully saturated rings. The molecular formula is C13H16BrFO2. The Hall–Kier alpha value is -0.450. The molecule has 1 saturated carbocycles. The predicted molar refractivity (Wildman–Crippen MR) is 67.3 cm³/mol. The number of ether oxygens (including phenoxy) is 1. The Morgan fingerprint density at radius 1 is 1.41 bits per heavy atom. The standard InChI is InChI=1S/C13H16BrFO2/c1-17-13(7-2-3-8-13)12(16)9-5-4-6-10(14)11(9)15/h4-6,12,16H,2-3,7-8H2,1H3. The van der Waals surface area contributed by atoms with Gasteiger partial charge in [0, 0.05) is 12.7 Å². The first-order valence-electron chi connectivity index (χ1n) is 5.78. The van der Waals surface area contributed by atoms with Crippen molar-refractivity contribution in [2.24, 2.45) is 0 Å². The minimum atomic E-state index is -0.910. The van der Waals surface area contributed by atoms with Crippen LogP contribution in [0.15, 0.2) is 22.7 Å². The quantitative estimate of drug-likeness (QED) is 0.925. The first-order valence-corrected chi connectivity index (χ1v) is 6.57. The van der Waals surface area contributed by atoms with Crippen LogP contribution in [0.1, 0.15) is 37.4 Å². The Morgan fingerprint density at radius 3 is 2.65 bits per heavy atom. The van der Waals surface area contributed by atoms with E-state index in [4.69, 9.17) is 4.74 Å². The normalized spacial score (nSPS) is 20.5. The number of methoxy groups -OCH3 is 1.